The van der Waals surface area contributed by atoms with E-state index in [1.165, 1.54) is 4.52 Å². The van der Waals surface area contributed by atoms with Crippen LogP contribution in [0.3, 0.4) is 0 Å². The predicted octanol–water partition coefficient (Wildman–Crippen LogP) is 5.28. The van der Waals surface area contributed by atoms with E-state index in [2.05, 4.69) is 26.0 Å². The maximum atomic E-state index is 14.0. The first-order valence-corrected chi connectivity index (χ1v) is 15.3. The van der Waals surface area contributed by atoms with Gasteiger partial charge in [0.1, 0.15) is 0 Å². The fraction of sp³-hybridized carbons (Fsp3) is 0.655. The van der Waals surface area contributed by atoms with Crippen molar-refractivity contribution in [2.24, 2.45) is 17.8 Å². The van der Waals surface area contributed by atoms with Gasteiger partial charge in [0.15, 0.2) is 11.3 Å². The van der Waals surface area contributed by atoms with Crippen molar-refractivity contribution in [1.29, 1.82) is 0 Å². The van der Waals surface area contributed by atoms with Gasteiger partial charge in [0.05, 0.1) is 48.8 Å². The topological polar surface area (TPSA) is 119 Å². The van der Waals surface area contributed by atoms with Gasteiger partial charge >= 0.3 is 11.8 Å². The summed E-state index contributed by atoms with van der Waals surface area (Å²) in [5.74, 6) is -13.7. The Bertz CT molecular complexity index is 1560. The number of imidazole rings is 1. The first-order valence-electron chi connectivity index (χ1n) is 15.3. The zero-order valence-electron chi connectivity index (χ0n) is 24.5. The molecule has 2 amide bonds. The molecule has 0 saturated heterocycles. The number of alkyl halides is 6. The molecular weight excluding hydrogens is 606 g/mol. The van der Waals surface area contributed by atoms with Gasteiger partial charge < -0.3 is 10.6 Å². The molecule has 2 N–H and O–H groups in total. The number of nitrogens with one attached hydrogen (secondary N) is 2. The summed E-state index contributed by atoms with van der Waals surface area (Å²) in [5.41, 5.74) is 1.37. The summed E-state index contributed by atoms with van der Waals surface area (Å²) in [6.45, 7) is 1.38. The Balaban J connectivity index is 1.22. The number of amides is 2. The van der Waals surface area contributed by atoms with Crippen LogP contribution in [0.25, 0.3) is 5.65 Å². The highest BCUT2D eigenvalue weighted by Crippen LogP contribution is 2.55. The van der Waals surface area contributed by atoms with Crippen molar-refractivity contribution in [3.05, 3.63) is 41.6 Å². The number of carbonyl (C=O) groups is 2. The van der Waals surface area contributed by atoms with Crippen LogP contribution in [0.1, 0.15) is 98.5 Å². The van der Waals surface area contributed by atoms with Gasteiger partial charge in [-0.2, -0.15) is 22.7 Å². The Morgan fingerprint density at radius 3 is 2.36 bits per heavy atom. The van der Waals surface area contributed by atoms with E-state index in [1.807, 2.05) is 13.0 Å². The van der Waals surface area contributed by atoms with Crippen molar-refractivity contribution in [3.8, 4) is 0 Å². The molecule has 6 rings (SSSR count). The molecule has 3 saturated carbocycles. The van der Waals surface area contributed by atoms with E-state index >= 15 is 0 Å². The second-order valence-electron chi connectivity index (χ2n) is 12.6. The van der Waals surface area contributed by atoms with Crippen LogP contribution in [-0.2, 0) is 11.3 Å². The number of halogens is 6. The van der Waals surface area contributed by atoms with Gasteiger partial charge in [-0.1, -0.05) is 12.1 Å². The molecule has 0 spiro atoms. The highest BCUT2D eigenvalue weighted by molar-refractivity contribution is 5.92. The summed E-state index contributed by atoms with van der Waals surface area (Å²) in [7, 11) is 0. The van der Waals surface area contributed by atoms with E-state index in [1.54, 1.807) is 12.4 Å². The highest BCUT2D eigenvalue weighted by atomic mass is 19.3. The third-order valence-corrected chi connectivity index (χ3v) is 9.13. The zero-order chi connectivity index (χ0) is 32.1. The van der Waals surface area contributed by atoms with E-state index in [0.717, 1.165) is 35.7 Å². The number of hydrogen-bond donors (Lipinski definition) is 2. The van der Waals surface area contributed by atoms with E-state index in [9.17, 15) is 35.9 Å². The van der Waals surface area contributed by atoms with Crippen molar-refractivity contribution in [1.82, 2.24) is 40.2 Å². The molecule has 10 nitrogen and oxygen atoms in total. The van der Waals surface area contributed by atoms with Crippen molar-refractivity contribution in [2.75, 3.05) is 0 Å². The minimum Gasteiger partial charge on any atom is -0.349 e. The summed E-state index contributed by atoms with van der Waals surface area (Å²) >= 11 is 0. The van der Waals surface area contributed by atoms with Crippen molar-refractivity contribution >= 4 is 17.5 Å². The minimum absolute atomic E-state index is 0.0496. The number of aromatic nitrogens is 6. The molecule has 3 aromatic rings. The van der Waals surface area contributed by atoms with Crippen LogP contribution in [0.15, 0.2) is 24.7 Å². The number of fused-ring (bicyclic) bond motifs is 1. The molecule has 3 fully saturated rings. The number of rotatable bonds is 11. The van der Waals surface area contributed by atoms with E-state index in [4.69, 9.17) is 4.98 Å². The molecule has 3 atom stereocenters. The Morgan fingerprint density at radius 2 is 1.71 bits per heavy atom. The fourth-order valence-corrected chi connectivity index (χ4v) is 6.29. The van der Waals surface area contributed by atoms with Crippen LogP contribution in [-0.4, -0.2) is 59.2 Å². The van der Waals surface area contributed by atoms with Crippen LogP contribution in [0.5, 0.6) is 0 Å². The smallest absolute Gasteiger partial charge is 0.314 e. The Kier molecular flexibility index (Phi) is 8.04. The quantitative estimate of drug-likeness (QED) is 0.276. The summed E-state index contributed by atoms with van der Waals surface area (Å²) in [5, 5.41) is 17.8. The fourth-order valence-electron chi connectivity index (χ4n) is 6.29. The van der Waals surface area contributed by atoms with Crippen molar-refractivity contribution in [2.45, 2.75) is 101 Å². The lowest BCUT2D eigenvalue weighted by Gasteiger charge is -2.43. The average molecular weight is 641 g/mol. The summed E-state index contributed by atoms with van der Waals surface area (Å²) < 4.78 is 84.5. The van der Waals surface area contributed by atoms with Gasteiger partial charge in [-0.3, -0.25) is 14.3 Å². The molecule has 45 heavy (non-hydrogen) atoms. The Hall–Kier alpha value is -3.72. The monoisotopic (exact) mass is 640 g/mol. The summed E-state index contributed by atoms with van der Waals surface area (Å²) in [6, 6.07) is 0.777. The molecule has 3 aromatic heterocycles. The molecule has 3 heterocycles. The van der Waals surface area contributed by atoms with E-state index in [0.29, 0.717) is 23.7 Å². The normalized spacial score (nSPS) is 23.7. The standard InChI is InChI=1S/C29H34F6N8O2/c1-2-3-23(44)38-24(16-4-5-16)18-10-22-37-20(15-43(22)36-12-18)25(17-6-8-27(30,31)9-7-17)39-26(45)21-14-42(41-40-21)13-19-11-28(32,33)29(19,34)35/h10,12,14-17,19,24-25H,2-9,11,13H2,1H3,(H,38,44)(H,39,45)/t19?,24-,25+/m1/s1. The maximum absolute atomic E-state index is 14.0. The lowest BCUT2D eigenvalue weighted by Crippen LogP contribution is -2.59. The van der Waals surface area contributed by atoms with Crippen LogP contribution in [0.4, 0.5) is 26.3 Å². The second kappa shape index (κ2) is 11.6. The number of nitrogens with zero attached hydrogens (tertiary/aromatic N) is 6. The molecule has 16 heteroatoms. The molecular formula is C29H34F6N8O2. The van der Waals surface area contributed by atoms with Gasteiger partial charge in [-0.25, -0.2) is 18.3 Å². The molecule has 3 aliphatic rings. The second-order valence-corrected chi connectivity index (χ2v) is 12.6. The van der Waals surface area contributed by atoms with E-state index in [-0.39, 0.29) is 43.3 Å². The Morgan fingerprint density at radius 1 is 1.00 bits per heavy atom. The SMILES string of the molecule is CCCC(=O)N[C@@H](c1cnn2cc([C@@H](NC(=O)c3cn(CC4CC(F)(F)C4(F)F)nn3)C3CCC(F)(F)CC3)nc2c1)C1CC1. The van der Waals surface area contributed by atoms with Gasteiger partial charge in [0, 0.05) is 25.7 Å². The third kappa shape index (κ3) is 6.37. The largest absolute Gasteiger partial charge is 0.349 e. The first-order chi connectivity index (χ1) is 21.3. The van der Waals surface area contributed by atoms with Gasteiger partial charge in [-0.15, -0.1) is 5.10 Å². The first kappa shape index (κ1) is 31.3. The number of hydrogen-bond acceptors (Lipinski definition) is 6. The highest BCUT2D eigenvalue weighted by Gasteiger charge is 2.71. The van der Waals surface area contributed by atoms with E-state index < -0.39 is 54.5 Å². The molecule has 1 unspecified atom stereocenters. The summed E-state index contributed by atoms with van der Waals surface area (Å²) in [6.07, 6.45) is 5.91. The number of carbonyl (C=O) groups excluding carboxylic acids is 2. The minimum atomic E-state index is -4.19. The molecule has 0 aliphatic heterocycles. The van der Waals surface area contributed by atoms with Crippen LogP contribution in [0.2, 0.25) is 0 Å². The molecule has 0 aromatic carbocycles. The lowest BCUT2D eigenvalue weighted by molar-refractivity contribution is -0.316. The van der Waals surface area contributed by atoms with Crippen LogP contribution >= 0.6 is 0 Å². The molecule has 0 bridgehead atoms. The van der Waals surface area contributed by atoms with Gasteiger partial charge in [0.25, 0.3) is 5.91 Å². The van der Waals surface area contributed by atoms with Gasteiger partial charge in [-0.05, 0) is 55.6 Å². The summed E-state index contributed by atoms with van der Waals surface area (Å²) in [4.78, 5) is 30.3. The molecule has 0 radical (unpaired) electrons. The van der Waals surface area contributed by atoms with Gasteiger partial charge in [0.2, 0.25) is 11.8 Å². The average Bonchev–Trinajstić information content (AvgIpc) is 3.56. The third-order valence-electron chi connectivity index (χ3n) is 9.13. The predicted molar refractivity (Wildman–Crippen MR) is 147 cm³/mol. The maximum Gasteiger partial charge on any atom is 0.314 e. The Labute approximate surface area is 254 Å². The molecule has 244 valence electrons. The van der Waals surface area contributed by atoms with Crippen molar-refractivity contribution < 1.29 is 35.9 Å². The van der Waals surface area contributed by atoms with Crippen LogP contribution < -0.4 is 10.6 Å². The lowest BCUT2D eigenvalue weighted by atomic mass is 9.77. The molecule has 3 aliphatic carbocycles. The van der Waals surface area contributed by atoms with Crippen LogP contribution in [0, 0.1) is 17.8 Å². The van der Waals surface area contributed by atoms with Crippen molar-refractivity contribution in [3.63, 3.8) is 0 Å². The zero-order valence-corrected chi connectivity index (χ0v) is 24.5.